The van der Waals surface area contributed by atoms with Crippen molar-refractivity contribution < 1.29 is 5.11 Å². The summed E-state index contributed by atoms with van der Waals surface area (Å²) in [6.07, 6.45) is 8.73. The lowest BCUT2D eigenvalue weighted by Crippen LogP contribution is -2.54. The largest absolute Gasteiger partial charge is 0.391 e. The fourth-order valence-corrected chi connectivity index (χ4v) is 4.99. The molecule has 0 aromatic heterocycles. The predicted molar refractivity (Wildman–Crippen MR) is 85.3 cm³/mol. The topological polar surface area (TPSA) is 23.5 Å². The van der Waals surface area contributed by atoms with Crippen molar-refractivity contribution in [3.8, 4) is 0 Å². The summed E-state index contributed by atoms with van der Waals surface area (Å²) >= 11 is 0. The Morgan fingerprint density at radius 1 is 1.00 bits per heavy atom. The number of hydrogen-bond donors (Lipinski definition) is 1. The van der Waals surface area contributed by atoms with Gasteiger partial charge < -0.3 is 5.11 Å². The molecule has 2 saturated carbocycles. The maximum atomic E-state index is 11.2. The summed E-state index contributed by atoms with van der Waals surface area (Å²) in [7, 11) is 0. The van der Waals surface area contributed by atoms with Crippen molar-refractivity contribution in [3.05, 3.63) is 35.9 Å². The predicted octanol–water partition coefficient (Wildman–Crippen LogP) is 3.56. The normalized spacial score (nSPS) is 33.2. The Balaban J connectivity index is 1.52. The Morgan fingerprint density at radius 2 is 1.67 bits per heavy atom. The van der Waals surface area contributed by atoms with Crippen molar-refractivity contribution in [1.29, 1.82) is 0 Å². The molecular weight excluding hydrogens is 258 g/mol. The van der Waals surface area contributed by atoms with E-state index in [9.17, 15) is 5.11 Å². The van der Waals surface area contributed by atoms with E-state index in [0.29, 0.717) is 11.8 Å². The lowest BCUT2D eigenvalue weighted by Gasteiger charge is -2.43. The summed E-state index contributed by atoms with van der Waals surface area (Å²) in [5.41, 5.74) is 1.54. The standard InChI is InChI=1S/C19H27NO/c21-18(17-14-16(17)15-8-2-1-3-9-15)19(10-4-5-11-19)20-12-6-7-13-20/h1-3,8-9,16-18,21H,4-7,10-14H2. The van der Waals surface area contributed by atoms with Crippen molar-refractivity contribution in [2.24, 2.45) is 5.92 Å². The summed E-state index contributed by atoms with van der Waals surface area (Å²) in [4.78, 5) is 2.64. The highest BCUT2D eigenvalue weighted by molar-refractivity contribution is 5.27. The first-order valence-electron chi connectivity index (χ1n) is 8.79. The number of aliphatic hydroxyl groups excluding tert-OH is 1. The van der Waals surface area contributed by atoms with E-state index in [-0.39, 0.29) is 11.6 Å². The lowest BCUT2D eigenvalue weighted by atomic mass is 9.84. The van der Waals surface area contributed by atoms with Crippen molar-refractivity contribution in [3.63, 3.8) is 0 Å². The molecule has 3 atom stereocenters. The molecule has 4 rings (SSSR count). The van der Waals surface area contributed by atoms with Crippen LogP contribution < -0.4 is 0 Å². The number of nitrogens with zero attached hydrogens (tertiary/aromatic N) is 1. The molecule has 2 heteroatoms. The Labute approximate surface area is 128 Å². The van der Waals surface area contributed by atoms with Crippen molar-refractivity contribution in [2.45, 2.75) is 62.5 Å². The molecule has 2 nitrogen and oxygen atoms in total. The first-order valence-corrected chi connectivity index (χ1v) is 8.79. The highest BCUT2D eigenvalue weighted by Gasteiger charge is 2.55. The highest BCUT2D eigenvalue weighted by atomic mass is 16.3. The zero-order valence-corrected chi connectivity index (χ0v) is 12.9. The van der Waals surface area contributed by atoms with Gasteiger partial charge in [-0.05, 0) is 62.6 Å². The molecule has 114 valence electrons. The van der Waals surface area contributed by atoms with E-state index in [2.05, 4.69) is 35.2 Å². The average Bonchev–Trinajstić information content (AvgIpc) is 2.94. The lowest BCUT2D eigenvalue weighted by molar-refractivity contribution is -0.0308. The van der Waals surface area contributed by atoms with Gasteiger partial charge in [-0.2, -0.15) is 0 Å². The van der Waals surface area contributed by atoms with Crippen LogP contribution in [0.4, 0.5) is 0 Å². The van der Waals surface area contributed by atoms with Gasteiger partial charge in [0.05, 0.1) is 6.10 Å². The Bertz CT molecular complexity index is 474. The molecule has 0 bridgehead atoms. The molecule has 0 spiro atoms. The van der Waals surface area contributed by atoms with Gasteiger partial charge in [-0.3, -0.25) is 4.90 Å². The summed E-state index contributed by atoms with van der Waals surface area (Å²) in [6.45, 7) is 2.42. The zero-order chi connectivity index (χ0) is 14.3. The van der Waals surface area contributed by atoms with Crippen LogP contribution in [0.1, 0.15) is 56.4 Å². The van der Waals surface area contributed by atoms with Gasteiger partial charge >= 0.3 is 0 Å². The number of aliphatic hydroxyl groups is 1. The third-order valence-corrected chi connectivity index (χ3v) is 6.23. The maximum absolute atomic E-state index is 11.2. The van der Waals surface area contributed by atoms with E-state index in [1.165, 1.54) is 63.6 Å². The minimum absolute atomic E-state index is 0.116. The molecule has 1 N–H and O–H groups in total. The molecule has 1 heterocycles. The van der Waals surface area contributed by atoms with Gasteiger partial charge in [0.2, 0.25) is 0 Å². The van der Waals surface area contributed by atoms with E-state index in [1.807, 2.05) is 0 Å². The van der Waals surface area contributed by atoms with Gasteiger partial charge in [-0.25, -0.2) is 0 Å². The van der Waals surface area contributed by atoms with Crippen LogP contribution in [0.5, 0.6) is 0 Å². The molecule has 1 saturated heterocycles. The molecule has 3 unspecified atom stereocenters. The van der Waals surface area contributed by atoms with Crippen LogP contribution in [-0.2, 0) is 0 Å². The monoisotopic (exact) mass is 285 g/mol. The van der Waals surface area contributed by atoms with E-state index in [1.54, 1.807) is 0 Å². The second kappa shape index (κ2) is 5.40. The van der Waals surface area contributed by atoms with Crippen LogP contribution in [0.3, 0.4) is 0 Å². The van der Waals surface area contributed by atoms with Crippen molar-refractivity contribution >= 4 is 0 Å². The zero-order valence-electron chi connectivity index (χ0n) is 12.9. The van der Waals surface area contributed by atoms with E-state index in [4.69, 9.17) is 0 Å². The van der Waals surface area contributed by atoms with E-state index in [0.717, 1.165) is 0 Å². The minimum Gasteiger partial charge on any atom is -0.391 e. The summed E-state index contributed by atoms with van der Waals surface area (Å²) < 4.78 is 0. The average molecular weight is 285 g/mol. The van der Waals surface area contributed by atoms with Gasteiger partial charge in [0, 0.05) is 5.54 Å². The molecule has 0 radical (unpaired) electrons. The molecule has 3 fully saturated rings. The number of rotatable bonds is 4. The van der Waals surface area contributed by atoms with Crippen LogP contribution in [-0.4, -0.2) is 34.7 Å². The van der Waals surface area contributed by atoms with Gasteiger partial charge in [0.25, 0.3) is 0 Å². The number of benzene rings is 1. The van der Waals surface area contributed by atoms with E-state index >= 15 is 0 Å². The first-order chi connectivity index (χ1) is 10.3. The molecular formula is C19H27NO. The SMILES string of the molecule is OC(C1CC1c1ccccc1)C1(N2CCCC2)CCCC1. The molecule has 1 aromatic rings. The van der Waals surface area contributed by atoms with Gasteiger partial charge in [-0.15, -0.1) is 0 Å². The third-order valence-electron chi connectivity index (χ3n) is 6.23. The molecule has 3 aliphatic rings. The molecule has 2 aliphatic carbocycles. The highest BCUT2D eigenvalue weighted by Crippen LogP contribution is 2.55. The van der Waals surface area contributed by atoms with Gasteiger partial charge in [0.1, 0.15) is 0 Å². The summed E-state index contributed by atoms with van der Waals surface area (Å²) in [6, 6.07) is 10.8. The maximum Gasteiger partial charge on any atom is 0.0757 e. The van der Waals surface area contributed by atoms with Gasteiger partial charge in [0.15, 0.2) is 0 Å². The number of likely N-dealkylation sites (tertiary alicyclic amines) is 1. The Hall–Kier alpha value is -0.860. The van der Waals surface area contributed by atoms with Crippen LogP contribution >= 0.6 is 0 Å². The Morgan fingerprint density at radius 3 is 2.33 bits per heavy atom. The second-order valence-electron chi connectivity index (χ2n) is 7.37. The van der Waals surface area contributed by atoms with Crippen LogP contribution in [0.15, 0.2) is 30.3 Å². The fraction of sp³-hybridized carbons (Fsp3) is 0.684. The quantitative estimate of drug-likeness (QED) is 0.914. The first kappa shape index (κ1) is 13.8. The molecule has 1 aliphatic heterocycles. The van der Waals surface area contributed by atoms with Crippen molar-refractivity contribution in [2.75, 3.05) is 13.1 Å². The minimum atomic E-state index is -0.122. The smallest absolute Gasteiger partial charge is 0.0757 e. The second-order valence-corrected chi connectivity index (χ2v) is 7.37. The fourth-order valence-electron chi connectivity index (χ4n) is 4.99. The number of hydrogen-bond acceptors (Lipinski definition) is 2. The van der Waals surface area contributed by atoms with E-state index < -0.39 is 0 Å². The van der Waals surface area contributed by atoms with Crippen LogP contribution in [0, 0.1) is 5.92 Å². The molecule has 0 amide bonds. The molecule has 1 aromatic carbocycles. The molecule has 21 heavy (non-hydrogen) atoms. The van der Waals surface area contributed by atoms with Crippen molar-refractivity contribution in [1.82, 2.24) is 4.90 Å². The Kier molecular flexibility index (Phi) is 3.55. The van der Waals surface area contributed by atoms with Crippen LogP contribution in [0.2, 0.25) is 0 Å². The summed E-state index contributed by atoms with van der Waals surface area (Å²) in [5, 5.41) is 11.2. The van der Waals surface area contributed by atoms with Gasteiger partial charge in [-0.1, -0.05) is 43.2 Å². The third kappa shape index (κ3) is 2.33. The van der Waals surface area contributed by atoms with Crippen LogP contribution in [0.25, 0.3) is 0 Å². The summed E-state index contributed by atoms with van der Waals surface area (Å²) in [5.74, 6) is 1.09.